The fourth-order valence-electron chi connectivity index (χ4n) is 1.89. The highest BCUT2D eigenvalue weighted by molar-refractivity contribution is 5.61. The molecular formula is C12H10N4O. The Morgan fingerprint density at radius 1 is 1.18 bits per heavy atom. The molecule has 5 heteroatoms. The van der Waals surface area contributed by atoms with Gasteiger partial charge in [-0.25, -0.2) is 0 Å². The van der Waals surface area contributed by atoms with E-state index in [1.165, 1.54) is 0 Å². The average Bonchev–Trinajstić information content (AvgIpc) is 2.71. The third kappa shape index (κ3) is 1.52. The fourth-order valence-corrected chi connectivity index (χ4v) is 1.89. The topological polar surface area (TPSA) is 63.0 Å². The van der Waals surface area contributed by atoms with Gasteiger partial charge >= 0.3 is 0 Å². The van der Waals surface area contributed by atoms with Crippen molar-refractivity contribution in [2.24, 2.45) is 0 Å². The molecule has 3 aromatic rings. The Morgan fingerprint density at radius 2 is 1.94 bits per heavy atom. The van der Waals surface area contributed by atoms with Gasteiger partial charge in [0.1, 0.15) is 5.82 Å². The third-order valence-electron chi connectivity index (χ3n) is 2.64. The molecule has 1 N–H and O–H groups in total. The predicted octanol–water partition coefficient (Wildman–Crippen LogP) is 1.39. The van der Waals surface area contributed by atoms with E-state index in [1.54, 1.807) is 6.07 Å². The van der Waals surface area contributed by atoms with E-state index in [1.807, 2.05) is 41.7 Å². The minimum atomic E-state index is -0.177. The lowest BCUT2D eigenvalue weighted by atomic mass is 10.1. The normalized spacial score (nSPS) is 10.9. The molecule has 1 aromatic carbocycles. The van der Waals surface area contributed by atoms with Gasteiger partial charge in [-0.05, 0) is 12.5 Å². The number of nitrogens with zero attached hydrogens (tertiary/aromatic N) is 3. The summed E-state index contributed by atoms with van der Waals surface area (Å²) in [6.07, 6.45) is 0. The van der Waals surface area contributed by atoms with Crippen molar-refractivity contribution in [1.82, 2.24) is 19.6 Å². The second-order valence-electron chi connectivity index (χ2n) is 3.79. The molecular weight excluding hydrogens is 216 g/mol. The number of H-pyrrole nitrogens is 1. The Labute approximate surface area is 96.8 Å². The molecule has 0 bridgehead atoms. The standard InChI is InChI=1S/C12H10N4O/c1-8-14-15-12-13-11(17)7-10(16(8)12)9-5-3-2-4-6-9/h2-7H,1H3,(H,13,15,17). The molecule has 5 nitrogen and oxygen atoms in total. The summed E-state index contributed by atoms with van der Waals surface area (Å²) in [6.45, 7) is 1.85. The lowest BCUT2D eigenvalue weighted by Crippen LogP contribution is -2.09. The van der Waals surface area contributed by atoms with Crippen LogP contribution in [0.4, 0.5) is 0 Å². The van der Waals surface area contributed by atoms with Crippen molar-refractivity contribution in [1.29, 1.82) is 0 Å². The molecule has 0 saturated carbocycles. The van der Waals surface area contributed by atoms with Crippen molar-refractivity contribution in [3.8, 4) is 11.3 Å². The van der Waals surface area contributed by atoms with E-state index in [0.29, 0.717) is 5.78 Å². The van der Waals surface area contributed by atoms with Crippen molar-refractivity contribution in [2.75, 3.05) is 0 Å². The molecule has 2 heterocycles. The summed E-state index contributed by atoms with van der Waals surface area (Å²) in [4.78, 5) is 14.2. The first kappa shape index (κ1) is 9.77. The maximum atomic E-state index is 11.6. The summed E-state index contributed by atoms with van der Waals surface area (Å²) in [5, 5.41) is 7.89. The Hall–Kier alpha value is -2.43. The van der Waals surface area contributed by atoms with Crippen molar-refractivity contribution >= 4 is 5.78 Å². The van der Waals surface area contributed by atoms with Gasteiger partial charge in [0.15, 0.2) is 0 Å². The minimum absolute atomic E-state index is 0.177. The number of hydrogen-bond acceptors (Lipinski definition) is 3. The second kappa shape index (κ2) is 3.55. The van der Waals surface area contributed by atoms with Crippen LogP contribution in [-0.2, 0) is 0 Å². The quantitative estimate of drug-likeness (QED) is 0.682. The highest BCUT2D eigenvalue weighted by Crippen LogP contribution is 2.18. The van der Waals surface area contributed by atoms with E-state index in [2.05, 4.69) is 15.2 Å². The van der Waals surface area contributed by atoms with Crippen molar-refractivity contribution in [2.45, 2.75) is 6.92 Å². The number of hydrogen-bond donors (Lipinski definition) is 1. The van der Waals surface area contributed by atoms with E-state index in [4.69, 9.17) is 0 Å². The molecule has 0 unspecified atom stereocenters. The Bertz CT molecular complexity index is 727. The van der Waals surface area contributed by atoms with E-state index in [9.17, 15) is 4.79 Å². The number of aromatic nitrogens is 4. The molecule has 0 aliphatic heterocycles. The van der Waals surface area contributed by atoms with Crippen LogP contribution in [0.5, 0.6) is 0 Å². The van der Waals surface area contributed by atoms with Crippen LogP contribution in [0.1, 0.15) is 5.82 Å². The number of benzene rings is 1. The maximum Gasteiger partial charge on any atom is 0.252 e. The SMILES string of the molecule is Cc1nnc2[nH]c(=O)cc(-c3ccccc3)n12. The van der Waals surface area contributed by atoms with Gasteiger partial charge in [0.2, 0.25) is 5.78 Å². The predicted molar refractivity (Wildman–Crippen MR) is 63.8 cm³/mol. The summed E-state index contributed by atoms with van der Waals surface area (Å²) in [6, 6.07) is 11.3. The van der Waals surface area contributed by atoms with Crippen molar-refractivity contribution in [3.05, 3.63) is 52.6 Å². The summed E-state index contributed by atoms with van der Waals surface area (Å²) in [7, 11) is 0. The summed E-state index contributed by atoms with van der Waals surface area (Å²) in [5.74, 6) is 1.21. The fraction of sp³-hybridized carbons (Fsp3) is 0.0833. The van der Waals surface area contributed by atoms with E-state index < -0.39 is 0 Å². The van der Waals surface area contributed by atoms with Gasteiger partial charge < -0.3 is 0 Å². The van der Waals surface area contributed by atoms with Crippen LogP contribution in [0, 0.1) is 6.92 Å². The van der Waals surface area contributed by atoms with Gasteiger partial charge in [0.05, 0.1) is 5.69 Å². The first-order valence-electron chi connectivity index (χ1n) is 5.26. The summed E-state index contributed by atoms with van der Waals surface area (Å²) < 4.78 is 1.83. The smallest absolute Gasteiger partial charge is 0.252 e. The molecule has 0 fully saturated rings. The largest absolute Gasteiger partial charge is 0.291 e. The van der Waals surface area contributed by atoms with Gasteiger partial charge in [0, 0.05) is 6.07 Å². The van der Waals surface area contributed by atoms with Gasteiger partial charge in [-0.1, -0.05) is 30.3 Å². The molecule has 0 radical (unpaired) electrons. The molecule has 0 atom stereocenters. The highest BCUT2D eigenvalue weighted by atomic mass is 16.1. The zero-order chi connectivity index (χ0) is 11.8. The van der Waals surface area contributed by atoms with Crippen LogP contribution in [0.2, 0.25) is 0 Å². The van der Waals surface area contributed by atoms with Crippen LogP contribution >= 0.6 is 0 Å². The Morgan fingerprint density at radius 3 is 2.71 bits per heavy atom. The molecule has 17 heavy (non-hydrogen) atoms. The van der Waals surface area contributed by atoms with Crippen molar-refractivity contribution in [3.63, 3.8) is 0 Å². The van der Waals surface area contributed by atoms with Crippen LogP contribution in [-0.4, -0.2) is 19.6 Å². The molecule has 0 aliphatic rings. The van der Waals surface area contributed by atoms with E-state index in [-0.39, 0.29) is 5.56 Å². The lowest BCUT2D eigenvalue weighted by Gasteiger charge is -2.05. The summed E-state index contributed by atoms with van der Waals surface area (Å²) >= 11 is 0. The molecule has 2 aromatic heterocycles. The monoisotopic (exact) mass is 226 g/mol. The molecule has 0 saturated heterocycles. The van der Waals surface area contributed by atoms with Crippen LogP contribution in [0.25, 0.3) is 17.0 Å². The first-order chi connectivity index (χ1) is 8.25. The van der Waals surface area contributed by atoms with Crippen LogP contribution < -0.4 is 5.56 Å². The maximum absolute atomic E-state index is 11.6. The number of aryl methyl sites for hydroxylation is 1. The minimum Gasteiger partial charge on any atom is -0.291 e. The van der Waals surface area contributed by atoms with Gasteiger partial charge in [-0.15, -0.1) is 10.2 Å². The van der Waals surface area contributed by atoms with Crippen molar-refractivity contribution < 1.29 is 0 Å². The molecule has 0 aliphatic carbocycles. The average molecular weight is 226 g/mol. The number of nitrogens with one attached hydrogen (secondary N) is 1. The number of aromatic amines is 1. The summed E-state index contributed by atoms with van der Waals surface area (Å²) in [5.41, 5.74) is 1.59. The number of fused-ring (bicyclic) bond motifs is 1. The van der Waals surface area contributed by atoms with E-state index >= 15 is 0 Å². The Balaban J connectivity index is 2.43. The molecule has 0 amide bonds. The van der Waals surface area contributed by atoms with Gasteiger partial charge in [-0.2, -0.15) is 0 Å². The zero-order valence-corrected chi connectivity index (χ0v) is 9.21. The van der Waals surface area contributed by atoms with Crippen LogP contribution in [0.15, 0.2) is 41.2 Å². The van der Waals surface area contributed by atoms with Crippen LogP contribution in [0.3, 0.4) is 0 Å². The Kier molecular flexibility index (Phi) is 2.04. The van der Waals surface area contributed by atoms with Gasteiger partial charge in [-0.3, -0.25) is 14.2 Å². The molecule has 84 valence electrons. The molecule has 3 rings (SSSR count). The number of rotatable bonds is 1. The molecule has 0 spiro atoms. The zero-order valence-electron chi connectivity index (χ0n) is 9.21. The third-order valence-corrected chi connectivity index (χ3v) is 2.64. The second-order valence-corrected chi connectivity index (χ2v) is 3.79. The van der Waals surface area contributed by atoms with Gasteiger partial charge in [0.25, 0.3) is 5.56 Å². The first-order valence-corrected chi connectivity index (χ1v) is 5.26. The lowest BCUT2D eigenvalue weighted by molar-refractivity contribution is 1.01. The highest BCUT2D eigenvalue weighted by Gasteiger charge is 2.09. The van der Waals surface area contributed by atoms with E-state index in [0.717, 1.165) is 17.1 Å².